The number of nitrogens with zero attached hydrogens (tertiary/aromatic N) is 1. The molecule has 5 nitrogen and oxygen atoms in total. The molecule has 150 valence electrons. The molecule has 1 atom stereocenters. The van der Waals surface area contributed by atoms with Crippen LogP contribution in [-0.4, -0.2) is 36.4 Å². The molecule has 0 bridgehead atoms. The summed E-state index contributed by atoms with van der Waals surface area (Å²) in [5.41, 5.74) is 2.00. The summed E-state index contributed by atoms with van der Waals surface area (Å²) < 4.78 is 5.21. The number of nitrogens with one attached hydrogen (secondary N) is 1. The summed E-state index contributed by atoms with van der Waals surface area (Å²) in [5.74, 6) is 0.634. The van der Waals surface area contributed by atoms with Gasteiger partial charge in [0.25, 0.3) is 0 Å². The van der Waals surface area contributed by atoms with Gasteiger partial charge in [0.2, 0.25) is 11.8 Å². The van der Waals surface area contributed by atoms with Crippen LogP contribution >= 0.6 is 0 Å². The van der Waals surface area contributed by atoms with Gasteiger partial charge in [0.05, 0.1) is 7.11 Å². The second kappa shape index (κ2) is 11.1. The molecule has 0 saturated heterocycles. The van der Waals surface area contributed by atoms with E-state index in [4.69, 9.17) is 4.74 Å². The monoisotopic (exact) mass is 382 g/mol. The van der Waals surface area contributed by atoms with Crippen LogP contribution in [0.2, 0.25) is 0 Å². The van der Waals surface area contributed by atoms with E-state index in [9.17, 15) is 9.59 Å². The Balaban J connectivity index is 2.32. The number of hydrogen-bond donors (Lipinski definition) is 1. The summed E-state index contributed by atoms with van der Waals surface area (Å²) in [5, 5.41) is 2.89. The molecule has 2 aromatic carbocycles. The van der Waals surface area contributed by atoms with Crippen molar-refractivity contribution >= 4 is 11.8 Å². The molecule has 0 spiro atoms. The molecule has 2 aromatic rings. The van der Waals surface area contributed by atoms with Crippen molar-refractivity contribution in [2.45, 2.75) is 45.7 Å². The molecule has 0 heterocycles. The largest absolute Gasteiger partial charge is 0.497 e. The Morgan fingerprint density at radius 2 is 1.68 bits per heavy atom. The minimum atomic E-state index is -0.552. The summed E-state index contributed by atoms with van der Waals surface area (Å²) in [6, 6.07) is 16.9. The molecule has 2 rings (SSSR count). The Morgan fingerprint density at radius 1 is 1.00 bits per heavy atom. The fraction of sp³-hybridized carbons (Fsp3) is 0.391. The highest BCUT2D eigenvalue weighted by atomic mass is 16.5. The predicted octanol–water partition coefficient (Wildman–Crippen LogP) is 3.57. The maximum Gasteiger partial charge on any atom is 0.243 e. The Morgan fingerprint density at radius 3 is 2.25 bits per heavy atom. The lowest BCUT2D eigenvalue weighted by Crippen LogP contribution is -2.50. The van der Waals surface area contributed by atoms with Crippen LogP contribution in [0.4, 0.5) is 0 Å². The number of benzene rings is 2. The zero-order chi connectivity index (χ0) is 20.4. The van der Waals surface area contributed by atoms with E-state index in [0.29, 0.717) is 25.9 Å². The molecule has 0 unspecified atom stereocenters. The second-order valence-electron chi connectivity index (χ2n) is 6.72. The number of rotatable bonds is 10. The van der Waals surface area contributed by atoms with Crippen LogP contribution in [0.5, 0.6) is 5.75 Å². The van der Waals surface area contributed by atoms with Crippen molar-refractivity contribution in [3.8, 4) is 5.75 Å². The van der Waals surface area contributed by atoms with E-state index in [1.165, 1.54) is 0 Å². The first-order valence-electron chi connectivity index (χ1n) is 9.83. The Hall–Kier alpha value is -2.82. The van der Waals surface area contributed by atoms with Crippen molar-refractivity contribution in [3.05, 3.63) is 65.7 Å². The normalized spacial score (nSPS) is 11.5. The molecule has 0 aliphatic carbocycles. The molecular formula is C23H30N2O3. The number of likely N-dealkylation sites (N-methyl/N-ethyl adjacent to an activating group) is 1. The van der Waals surface area contributed by atoms with Crippen molar-refractivity contribution in [2.75, 3.05) is 13.7 Å². The van der Waals surface area contributed by atoms with E-state index < -0.39 is 6.04 Å². The van der Waals surface area contributed by atoms with Crippen LogP contribution in [0.3, 0.4) is 0 Å². The van der Waals surface area contributed by atoms with Gasteiger partial charge in [-0.05, 0) is 36.6 Å². The lowest BCUT2D eigenvalue weighted by molar-refractivity contribution is -0.141. The topological polar surface area (TPSA) is 58.6 Å². The van der Waals surface area contributed by atoms with Crippen LogP contribution in [0.1, 0.15) is 37.8 Å². The van der Waals surface area contributed by atoms with Gasteiger partial charge in [-0.2, -0.15) is 0 Å². The maximum atomic E-state index is 12.9. The number of hydrogen-bond acceptors (Lipinski definition) is 3. The molecule has 28 heavy (non-hydrogen) atoms. The maximum absolute atomic E-state index is 12.9. The molecular weight excluding hydrogens is 352 g/mol. The minimum Gasteiger partial charge on any atom is -0.497 e. The van der Waals surface area contributed by atoms with Crippen molar-refractivity contribution in [1.29, 1.82) is 0 Å². The zero-order valence-electron chi connectivity index (χ0n) is 17.0. The molecule has 0 radical (unpaired) electrons. The van der Waals surface area contributed by atoms with Gasteiger partial charge in [-0.1, -0.05) is 49.4 Å². The van der Waals surface area contributed by atoms with E-state index in [1.807, 2.05) is 68.4 Å². The quantitative estimate of drug-likeness (QED) is 0.683. The third-order valence-corrected chi connectivity index (χ3v) is 4.60. The van der Waals surface area contributed by atoms with Gasteiger partial charge in [0.15, 0.2) is 0 Å². The molecule has 0 saturated carbocycles. The molecule has 0 fully saturated rings. The molecule has 5 heteroatoms. The van der Waals surface area contributed by atoms with Gasteiger partial charge < -0.3 is 15.0 Å². The SMILES string of the molecule is CCCC(=O)N(Cc1ccc(OC)cc1)[C@@H](Cc1ccccc1)C(=O)NCC. The first-order valence-corrected chi connectivity index (χ1v) is 9.83. The van der Waals surface area contributed by atoms with E-state index in [0.717, 1.165) is 23.3 Å². The Labute approximate surface area is 167 Å². The summed E-state index contributed by atoms with van der Waals surface area (Å²) in [6.07, 6.45) is 1.64. The molecule has 0 aromatic heterocycles. The molecule has 2 amide bonds. The van der Waals surface area contributed by atoms with Gasteiger partial charge in [0, 0.05) is 25.9 Å². The van der Waals surface area contributed by atoms with Crippen LogP contribution in [0, 0.1) is 0 Å². The van der Waals surface area contributed by atoms with Gasteiger partial charge in [0.1, 0.15) is 11.8 Å². The van der Waals surface area contributed by atoms with Gasteiger partial charge in [-0.3, -0.25) is 9.59 Å². The summed E-state index contributed by atoms with van der Waals surface area (Å²) in [6.45, 7) is 4.78. The fourth-order valence-electron chi connectivity index (χ4n) is 3.13. The van der Waals surface area contributed by atoms with Crippen LogP contribution in [0.15, 0.2) is 54.6 Å². The number of methoxy groups -OCH3 is 1. The van der Waals surface area contributed by atoms with Crippen LogP contribution in [-0.2, 0) is 22.6 Å². The van der Waals surface area contributed by atoms with Crippen molar-refractivity contribution < 1.29 is 14.3 Å². The molecule has 0 aliphatic rings. The number of amides is 2. The van der Waals surface area contributed by atoms with Gasteiger partial charge in [-0.25, -0.2) is 0 Å². The highest BCUT2D eigenvalue weighted by molar-refractivity contribution is 5.88. The summed E-state index contributed by atoms with van der Waals surface area (Å²) >= 11 is 0. The average Bonchev–Trinajstić information content (AvgIpc) is 2.72. The van der Waals surface area contributed by atoms with Gasteiger partial charge >= 0.3 is 0 Å². The fourth-order valence-corrected chi connectivity index (χ4v) is 3.13. The number of carbonyl (C=O) groups is 2. The lowest BCUT2D eigenvalue weighted by Gasteiger charge is -2.31. The van der Waals surface area contributed by atoms with E-state index in [2.05, 4.69) is 5.32 Å². The summed E-state index contributed by atoms with van der Waals surface area (Å²) in [7, 11) is 1.62. The van der Waals surface area contributed by atoms with Crippen molar-refractivity contribution in [2.24, 2.45) is 0 Å². The predicted molar refractivity (Wildman–Crippen MR) is 111 cm³/mol. The highest BCUT2D eigenvalue weighted by Crippen LogP contribution is 2.18. The first kappa shape index (κ1) is 21.5. The second-order valence-corrected chi connectivity index (χ2v) is 6.72. The Kier molecular flexibility index (Phi) is 8.53. The smallest absolute Gasteiger partial charge is 0.243 e. The van der Waals surface area contributed by atoms with Crippen molar-refractivity contribution in [3.63, 3.8) is 0 Å². The van der Waals surface area contributed by atoms with Gasteiger partial charge in [-0.15, -0.1) is 0 Å². The number of ether oxygens (including phenoxy) is 1. The van der Waals surface area contributed by atoms with E-state index in [1.54, 1.807) is 12.0 Å². The highest BCUT2D eigenvalue weighted by Gasteiger charge is 2.29. The minimum absolute atomic E-state index is 0.00879. The molecule has 1 N–H and O–H groups in total. The third kappa shape index (κ3) is 6.12. The number of carbonyl (C=O) groups excluding carboxylic acids is 2. The lowest BCUT2D eigenvalue weighted by atomic mass is 10.0. The Bertz CT molecular complexity index is 744. The average molecular weight is 383 g/mol. The van der Waals surface area contributed by atoms with Crippen LogP contribution < -0.4 is 10.1 Å². The third-order valence-electron chi connectivity index (χ3n) is 4.60. The van der Waals surface area contributed by atoms with E-state index >= 15 is 0 Å². The molecule has 0 aliphatic heterocycles. The van der Waals surface area contributed by atoms with E-state index in [-0.39, 0.29) is 11.8 Å². The van der Waals surface area contributed by atoms with Crippen LogP contribution in [0.25, 0.3) is 0 Å². The van der Waals surface area contributed by atoms with Crippen molar-refractivity contribution in [1.82, 2.24) is 10.2 Å². The summed E-state index contributed by atoms with van der Waals surface area (Å²) in [4.78, 5) is 27.5. The first-order chi connectivity index (χ1) is 13.6. The zero-order valence-corrected chi connectivity index (χ0v) is 17.0. The standard InChI is InChI=1S/C23H30N2O3/c1-4-9-22(26)25(17-19-12-14-20(28-3)15-13-19)21(23(27)24-5-2)16-18-10-7-6-8-11-18/h6-8,10-15,21H,4-5,9,16-17H2,1-3H3,(H,24,27)/t21-/m0/s1.